The number of anilines is 1. The Bertz CT molecular complexity index is 453. The summed E-state index contributed by atoms with van der Waals surface area (Å²) >= 11 is 0.819. The number of hydrogen-bond donors (Lipinski definition) is 2. The van der Waals surface area contributed by atoms with Gasteiger partial charge in [0.25, 0.3) is 0 Å². The number of carbonyl (C=O) groups is 2. The van der Waals surface area contributed by atoms with Crippen LogP contribution in [0.1, 0.15) is 22.2 Å². The van der Waals surface area contributed by atoms with Gasteiger partial charge in [-0.2, -0.15) is 13.2 Å². The van der Waals surface area contributed by atoms with Crippen molar-refractivity contribution in [3.05, 3.63) is 16.5 Å². The Morgan fingerprint density at radius 1 is 1.47 bits per heavy atom. The van der Waals surface area contributed by atoms with E-state index < -0.39 is 18.1 Å². The van der Waals surface area contributed by atoms with Crippen LogP contribution in [0.2, 0.25) is 0 Å². The molecule has 1 aromatic heterocycles. The molecule has 0 aliphatic heterocycles. The van der Waals surface area contributed by atoms with Crippen molar-refractivity contribution in [3.63, 3.8) is 0 Å². The summed E-state index contributed by atoms with van der Waals surface area (Å²) in [5.74, 6) is -3.55. The number of carboxylic acids is 1. The van der Waals surface area contributed by atoms with Crippen molar-refractivity contribution in [2.24, 2.45) is 0 Å². The highest BCUT2D eigenvalue weighted by molar-refractivity contribution is 7.16. The zero-order valence-corrected chi connectivity index (χ0v) is 9.41. The highest BCUT2D eigenvalue weighted by Gasteiger charge is 2.39. The Labute approximate surface area is 98.1 Å². The molecule has 17 heavy (non-hydrogen) atoms. The molecule has 0 aromatic carbocycles. The molecule has 94 valence electrons. The molecule has 0 aliphatic carbocycles. The molecule has 0 aliphatic rings. The third-order valence-electron chi connectivity index (χ3n) is 1.85. The highest BCUT2D eigenvalue weighted by atomic mass is 32.1. The minimum atomic E-state index is -5.04. The van der Waals surface area contributed by atoms with Crippen LogP contribution in [-0.2, 0) is 11.2 Å². The number of alkyl halides is 3. The Hall–Kier alpha value is -1.57. The standard InChI is InChI=1S/C9H8F3NO3S/c1-2-4-3-5(7(14)15)6(17-4)13-8(16)9(10,11)12/h3H,2H2,1H3,(H,13,16)(H,14,15). The summed E-state index contributed by atoms with van der Waals surface area (Å²) in [6.45, 7) is 1.73. The number of amides is 1. The van der Waals surface area contributed by atoms with E-state index in [9.17, 15) is 22.8 Å². The van der Waals surface area contributed by atoms with Crippen LogP contribution in [0.25, 0.3) is 0 Å². The molecule has 8 heteroatoms. The molecule has 0 spiro atoms. The lowest BCUT2D eigenvalue weighted by atomic mass is 10.2. The fraction of sp³-hybridized carbons (Fsp3) is 0.333. The quantitative estimate of drug-likeness (QED) is 0.884. The Kier molecular flexibility index (Phi) is 3.76. The number of hydrogen-bond acceptors (Lipinski definition) is 3. The summed E-state index contributed by atoms with van der Waals surface area (Å²) in [5, 5.41) is 10.0. The molecular formula is C9H8F3NO3S. The number of aryl methyl sites for hydroxylation is 1. The molecule has 4 nitrogen and oxygen atoms in total. The topological polar surface area (TPSA) is 66.4 Å². The van der Waals surface area contributed by atoms with Crippen LogP contribution in [0, 0.1) is 0 Å². The normalized spacial score (nSPS) is 11.3. The van der Waals surface area contributed by atoms with Crippen LogP contribution < -0.4 is 5.32 Å². The third kappa shape index (κ3) is 3.19. The average molecular weight is 267 g/mol. The van der Waals surface area contributed by atoms with E-state index in [1.807, 2.05) is 0 Å². The van der Waals surface area contributed by atoms with Gasteiger partial charge in [0.15, 0.2) is 0 Å². The second-order valence-electron chi connectivity index (χ2n) is 3.07. The lowest BCUT2D eigenvalue weighted by Gasteiger charge is -2.06. The number of rotatable bonds is 3. The van der Waals surface area contributed by atoms with Gasteiger partial charge in [0.2, 0.25) is 0 Å². The fourth-order valence-electron chi connectivity index (χ4n) is 1.04. The van der Waals surface area contributed by atoms with Gasteiger partial charge in [-0.3, -0.25) is 4.79 Å². The molecule has 1 aromatic rings. The lowest BCUT2D eigenvalue weighted by Crippen LogP contribution is -2.30. The van der Waals surface area contributed by atoms with E-state index >= 15 is 0 Å². The molecule has 1 rings (SSSR count). The van der Waals surface area contributed by atoms with Crippen LogP contribution in [0.3, 0.4) is 0 Å². The monoisotopic (exact) mass is 267 g/mol. The van der Waals surface area contributed by atoms with E-state index in [1.54, 1.807) is 12.2 Å². The summed E-state index contributed by atoms with van der Waals surface area (Å²) in [4.78, 5) is 22.0. The number of halogens is 3. The maximum absolute atomic E-state index is 12.0. The second kappa shape index (κ2) is 4.74. The van der Waals surface area contributed by atoms with Crippen LogP contribution in [0.4, 0.5) is 18.2 Å². The van der Waals surface area contributed by atoms with Crippen LogP contribution in [0.5, 0.6) is 0 Å². The van der Waals surface area contributed by atoms with E-state index in [0.29, 0.717) is 11.3 Å². The van der Waals surface area contributed by atoms with Crippen molar-refractivity contribution in [3.8, 4) is 0 Å². The molecule has 0 bridgehead atoms. The first kappa shape index (κ1) is 13.5. The van der Waals surface area contributed by atoms with Gasteiger partial charge in [-0.25, -0.2) is 4.79 Å². The van der Waals surface area contributed by atoms with Crippen molar-refractivity contribution < 1.29 is 27.9 Å². The molecule has 0 saturated carbocycles. The predicted octanol–water partition coefficient (Wildman–Crippen LogP) is 2.51. The minimum Gasteiger partial charge on any atom is -0.478 e. The molecule has 0 radical (unpaired) electrons. The first-order valence-electron chi connectivity index (χ1n) is 4.50. The molecule has 1 amide bonds. The molecule has 0 fully saturated rings. The SMILES string of the molecule is CCc1cc(C(=O)O)c(NC(=O)C(F)(F)F)s1. The molecule has 0 atom stereocenters. The molecule has 0 saturated heterocycles. The maximum atomic E-state index is 12.0. The molecule has 0 unspecified atom stereocenters. The fourth-order valence-corrected chi connectivity index (χ4v) is 2.03. The van der Waals surface area contributed by atoms with Gasteiger partial charge >= 0.3 is 18.1 Å². The summed E-state index contributed by atoms with van der Waals surface area (Å²) in [6, 6.07) is 1.25. The van der Waals surface area contributed by atoms with Gasteiger partial charge in [-0.15, -0.1) is 11.3 Å². The number of aromatic carboxylic acids is 1. The van der Waals surface area contributed by atoms with E-state index in [4.69, 9.17) is 5.11 Å². The average Bonchev–Trinajstić information content (AvgIpc) is 2.59. The maximum Gasteiger partial charge on any atom is 0.471 e. The zero-order valence-electron chi connectivity index (χ0n) is 8.59. The van der Waals surface area contributed by atoms with Gasteiger partial charge in [0, 0.05) is 4.88 Å². The first-order chi connectivity index (χ1) is 7.75. The zero-order chi connectivity index (χ0) is 13.2. The summed E-state index contributed by atoms with van der Waals surface area (Å²) in [7, 11) is 0. The Morgan fingerprint density at radius 2 is 2.06 bits per heavy atom. The van der Waals surface area contributed by atoms with Gasteiger partial charge in [-0.05, 0) is 12.5 Å². The van der Waals surface area contributed by atoms with E-state index in [-0.39, 0.29) is 10.6 Å². The number of nitrogens with one attached hydrogen (secondary N) is 1. The molecule has 1 heterocycles. The third-order valence-corrected chi connectivity index (χ3v) is 3.04. The van der Waals surface area contributed by atoms with Gasteiger partial charge in [-0.1, -0.05) is 6.92 Å². The summed E-state index contributed by atoms with van der Waals surface area (Å²) < 4.78 is 36.0. The number of thiophene rings is 1. The molecule has 2 N–H and O–H groups in total. The Morgan fingerprint density at radius 3 is 2.47 bits per heavy atom. The van der Waals surface area contributed by atoms with Gasteiger partial charge in [0.05, 0.1) is 5.56 Å². The molecular weight excluding hydrogens is 259 g/mol. The number of carboxylic acid groups (broad SMARTS) is 1. The van der Waals surface area contributed by atoms with E-state index in [2.05, 4.69) is 0 Å². The van der Waals surface area contributed by atoms with Gasteiger partial charge < -0.3 is 10.4 Å². The summed E-state index contributed by atoms with van der Waals surface area (Å²) in [6.07, 6.45) is -4.56. The van der Waals surface area contributed by atoms with E-state index in [1.165, 1.54) is 6.07 Å². The van der Waals surface area contributed by atoms with Gasteiger partial charge in [0.1, 0.15) is 5.00 Å². The first-order valence-corrected chi connectivity index (χ1v) is 5.31. The van der Waals surface area contributed by atoms with Crippen molar-refractivity contribution in [1.82, 2.24) is 0 Å². The van der Waals surface area contributed by atoms with Crippen LogP contribution in [0.15, 0.2) is 6.07 Å². The van der Waals surface area contributed by atoms with Crippen molar-refractivity contribution in [1.29, 1.82) is 0 Å². The second-order valence-corrected chi connectivity index (χ2v) is 4.20. The van der Waals surface area contributed by atoms with Crippen molar-refractivity contribution in [2.45, 2.75) is 19.5 Å². The minimum absolute atomic E-state index is 0.295. The Balaban J connectivity index is 3.01. The van der Waals surface area contributed by atoms with Crippen LogP contribution >= 0.6 is 11.3 Å². The lowest BCUT2D eigenvalue weighted by molar-refractivity contribution is -0.167. The van der Waals surface area contributed by atoms with Crippen LogP contribution in [-0.4, -0.2) is 23.2 Å². The summed E-state index contributed by atoms with van der Waals surface area (Å²) in [5.41, 5.74) is -0.329. The largest absolute Gasteiger partial charge is 0.478 e. The van der Waals surface area contributed by atoms with E-state index in [0.717, 1.165) is 11.3 Å². The smallest absolute Gasteiger partial charge is 0.471 e. The highest BCUT2D eigenvalue weighted by Crippen LogP contribution is 2.30. The number of carbonyl (C=O) groups excluding carboxylic acids is 1. The van der Waals surface area contributed by atoms with Crippen molar-refractivity contribution in [2.75, 3.05) is 5.32 Å². The predicted molar refractivity (Wildman–Crippen MR) is 55.3 cm³/mol. The van der Waals surface area contributed by atoms with Crippen molar-refractivity contribution >= 4 is 28.2 Å².